The molecule has 1 N–H and O–H groups in total. The number of rotatable bonds is 1. The molecule has 0 atom stereocenters. The zero-order valence-corrected chi connectivity index (χ0v) is 9.05. The molecule has 1 aromatic carbocycles. The van der Waals surface area contributed by atoms with Crippen molar-refractivity contribution >= 4 is 17.7 Å². The maximum atomic E-state index is 11.7. The number of aromatic nitrogens is 1. The first-order valence-corrected chi connectivity index (χ1v) is 5.38. The maximum absolute atomic E-state index is 11.7. The van der Waals surface area contributed by atoms with E-state index in [1.54, 1.807) is 6.20 Å². The summed E-state index contributed by atoms with van der Waals surface area (Å²) in [6.45, 7) is 0. The average molecular weight is 222 g/mol. The van der Waals surface area contributed by atoms with Crippen LogP contribution < -0.4 is 5.32 Å². The lowest BCUT2D eigenvalue weighted by molar-refractivity contribution is 0.0981. The third kappa shape index (κ3) is 1.72. The van der Waals surface area contributed by atoms with Crippen LogP contribution in [0.4, 0.5) is 0 Å². The number of carbonyl (C=O) groups is 1. The Morgan fingerprint density at radius 2 is 1.76 bits per heavy atom. The molecule has 3 heteroatoms. The van der Waals surface area contributed by atoms with Crippen molar-refractivity contribution in [3.05, 3.63) is 65.5 Å². The SMILES string of the molecule is O=C1N/C(=C\c2ccccn2)c2ccccc21. The molecule has 1 aliphatic rings. The van der Waals surface area contributed by atoms with Crippen molar-refractivity contribution in [3.63, 3.8) is 0 Å². The minimum absolute atomic E-state index is 0.0530. The lowest BCUT2D eigenvalue weighted by Gasteiger charge is -1.99. The van der Waals surface area contributed by atoms with Crippen molar-refractivity contribution in [3.8, 4) is 0 Å². The molecule has 0 saturated heterocycles. The first kappa shape index (κ1) is 9.78. The van der Waals surface area contributed by atoms with Crippen molar-refractivity contribution in [1.29, 1.82) is 0 Å². The molecule has 0 bridgehead atoms. The summed E-state index contributed by atoms with van der Waals surface area (Å²) in [7, 11) is 0. The molecule has 3 nitrogen and oxygen atoms in total. The number of benzene rings is 1. The molecular formula is C14H10N2O. The first-order chi connectivity index (χ1) is 8.34. The van der Waals surface area contributed by atoms with E-state index in [0.29, 0.717) is 0 Å². The Kier molecular flexibility index (Phi) is 2.22. The fourth-order valence-electron chi connectivity index (χ4n) is 1.90. The van der Waals surface area contributed by atoms with Gasteiger partial charge >= 0.3 is 0 Å². The topological polar surface area (TPSA) is 42.0 Å². The van der Waals surface area contributed by atoms with Gasteiger partial charge in [0.15, 0.2) is 0 Å². The fraction of sp³-hybridized carbons (Fsp3) is 0. The monoisotopic (exact) mass is 222 g/mol. The average Bonchev–Trinajstić information content (AvgIpc) is 2.69. The van der Waals surface area contributed by atoms with Crippen molar-refractivity contribution < 1.29 is 4.79 Å². The quantitative estimate of drug-likeness (QED) is 0.804. The molecule has 17 heavy (non-hydrogen) atoms. The van der Waals surface area contributed by atoms with Gasteiger partial charge in [-0.2, -0.15) is 0 Å². The number of pyridine rings is 1. The van der Waals surface area contributed by atoms with Crippen LogP contribution in [0.15, 0.2) is 48.7 Å². The highest BCUT2D eigenvalue weighted by atomic mass is 16.1. The van der Waals surface area contributed by atoms with Gasteiger partial charge in [-0.3, -0.25) is 9.78 Å². The summed E-state index contributed by atoms with van der Waals surface area (Å²) in [4.78, 5) is 15.9. The van der Waals surface area contributed by atoms with E-state index in [4.69, 9.17) is 0 Å². The lowest BCUT2D eigenvalue weighted by atomic mass is 10.1. The Labute approximate surface area is 98.8 Å². The zero-order valence-electron chi connectivity index (χ0n) is 9.05. The number of hydrogen-bond acceptors (Lipinski definition) is 2. The molecular weight excluding hydrogens is 212 g/mol. The Hall–Kier alpha value is -2.42. The van der Waals surface area contributed by atoms with Gasteiger partial charge in [0.25, 0.3) is 5.91 Å². The summed E-state index contributed by atoms with van der Waals surface area (Å²) in [6, 6.07) is 13.2. The van der Waals surface area contributed by atoms with Gasteiger partial charge in [0.1, 0.15) is 0 Å². The van der Waals surface area contributed by atoms with Gasteiger partial charge in [0, 0.05) is 17.3 Å². The van der Waals surface area contributed by atoms with Crippen molar-refractivity contribution in [2.24, 2.45) is 0 Å². The van der Waals surface area contributed by atoms with Gasteiger partial charge < -0.3 is 5.32 Å². The van der Waals surface area contributed by atoms with E-state index in [9.17, 15) is 4.79 Å². The maximum Gasteiger partial charge on any atom is 0.256 e. The molecule has 3 rings (SSSR count). The summed E-state index contributed by atoms with van der Waals surface area (Å²) >= 11 is 0. The molecule has 1 aromatic heterocycles. The van der Waals surface area contributed by atoms with Crippen LogP contribution in [0.2, 0.25) is 0 Å². The van der Waals surface area contributed by atoms with E-state index in [0.717, 1.165) is 22.5 Å². The Bertz CT molecular complexity index is 603. The van der Waals surface area contributed by atoms with Gasteiger partial charge in [-0.25, -0.2) is 0 Å². The highest BCUT2D eigenvalue weighted by molar-refractivity contribution is 6.11. The largest absolute Gasteiger partial charge is 0.321 e. The number of fused-ring (bicyclic) bond motifs is 1. The van der Waals surface area contributed by atoms with E-state index in [1.165, 1.54) is 0 Å². The fourth-order valence-corrected chi connectivity index (χ4v) is 1.90. The predicted molar refractivity (Wildman–Crippen MR) is 66.0 cm³/mol. The van der Waals surface area contributed by atoms with Crippen LogP contribution in [0.25, 0.3) is 11.8 Å². The molecule has 0 spiro atoms. The predicted octanol–water partition coefficient (Wildman–Crippen LogP) is 2.32. The first-order valence-electron chi connectivity index (χ1n) is 5.38. The van der Waals surface area contributed by atoms with Gasteiger partial charge in [0.05, 0.1) is 11.4 Å². The van der Waals surface area contributed by atoms with Gasteiger partial charge in [-0.15, -0.1) is 0 Å². The zero-order chi connectivity index (χ0) is 11.7. The van der Waals surface area contributed by atoms with E-state index >= 15 is 0 Å². The standard InChI is InChI=1S/C14H10N2O/c17-14-12-7-2-1-6-11(12)13(16-14)9-10-5-3-4-8-15-10/h1-9H,(H,16,17)/b13-9-. The van der Waals surface area contributed by atoms with E-state index < -0.39 is 0 Å². The summed E-state index contributed by atoms with van der Waals surface area (Å²) in [6.07, 6.45) is 3.61. The van der Waals surface area contributed by atoms with Crippen molar-refractivity contribution in [2.75, 3.05) is 0 Å². The van der Waals surface area contributed by atoms with Crippen LogP contribution in [-0.4, -0.2) is 10.9 Å². The number of nitrogens with one attached hydrogen (secondary N) is 1. The summed E-state index contributed by atoms with van der Waals surface area (Å²) < 4.78 is 0. The van der Waals surface area contributed by atoms with Crippen LogP contribution in [0, 0.1) is 0 Å². The molecule has 2 heterocycles. The molecule has 0 fully saturated rings. The Morgan fingerprint density at radius 1 is 1.00 bits per heavy atom. The van der Waals surface area contributed by atoms with E-state index in [2.05, 4.69) is 10.3 Å². The van der Waals surface area contributed by atoms with Crippen LogP contribution in [0.5, 0.6) is 0 Å². The van der Waals surface area contributed by atoms with Gasteiger partial charge in [-0.1, -0.05) is 24.3 Å². The molecule has 1 aliphatic heterocycles. The summed E-state index contributed by atoms with van der Waals surface area (Å²) in [5.74, 6) is -0.0530. The Balaban J connectivity index is 2.08. The van der Waals surface area contributed by atoms with Crippen molar-refractivity contribution in [1.82, 2.24) is 10.3 Å². The van der Waals surface area contributed by atoms with Gasteiger partial charge in [0.2, 0.25) is 0 Å². The molecule has 2 aromatic rings. The lowest BCUT2D eigenvalue weighted by Crippen LogP contribution is -2.11. The number of amides is 1. The van der Waals surface area contributed by atoms with E-state index in [1.807, 2.05) is 48.5 Å². The summed E-state index contributed by atoms with van der Waals surface area (Å²) in [5.41, 5.74) is 3.29. The number of hydrogen-bond donors (Lipinski definition) is 1. The normalized spacial score (nSPS) is 15.8. The molecule has 1 amide bonds. The second-order valence-corrected chi connectivity index (χ2v) is 3.81. The number of carbonyl (C=O) groups excluding carboxylic acids is 1. The third-order valence-electron chi connectivity index (χ3n) is 2.69. The molecule has 82 valence electrons. The summed E-state index contributed by atoms with van der Waals surface area (Å²) in [5, 5.41) is 2.85. The minimum Gasteiger partial charge on any atom is -0.321 e. The highest BCUT2D eigenvalue weighted by Gasteiger charge is 2.22. The molecule has 0 unspecified atom stereocenters. The van der Waals surface area contributed by atoms with Crippen LogP contribution in [-0.2, 0) is 0 Å². The second-order valence-electron chi connectivity index (χ2n) is 3.81. The van der Waals surface area contributed by atoms with Crippen LogP contribution in [0.1, 0.15) is 21.6 Å². The number of nitrogens with zero attached hydrogens (tertiary/aromatic N) is 1. The Morgan fingerprint density at radius 3 is 2.53 bits per heavy atom. The molecule has 0 saturated carbocycles. The van der Waals surface area contributed by atoms with Crippen LogP contribution in [0.3, 0.4) is 0 Å². The van der Waals surface area contributed by atoms with Crippen molar-refractivity contribution in [2.45, 2.75) is 0 Å². The third-order valence-corrected chi connectivity index (χ3v) is 2.69. The molecule has 0 radical (unpaired) electrons. The smallest absolute Gasteiger partial charge is 0.256 e. The van der Waals surface area contributed by atoms with Crippen LogP contribution >= 0.6 is 0 Å². The van der Waals surface area contributed by atoms with E-state index in [-0.39, 0.29) is 5.91 Å². The minimum atomic E-state index is -0.0530. The van der Waals surface area contributed by atoms with Gasteiger partial charge in [-0.05, 0) is 24.3 Å². The molecule has 0 aliphatic carbocycles. The highest BCUT2D eigenvalue weighted by Crippen LogP contribution is 2.25. The second kappa shape index (κ2) is 3.87.